The molecule has 1 amide bonds. The van der Waals surface area contributed by atoms with E-state index in [-0.39, 0.29) is 5.91 Å². The van der Waals surface area contributed by atoms with Crippen LogP contribution in [-0.2, 0) is 0 Å². The standard InChI is InChI=1S/C9H7IN4O/c10-6-1-2-8(11-5-6)13-9(15)7-3-4-12-14-7/h1-5H,(H,12,14)(H,11,13,15). The molecule has 2 heterocycles. The van der Waals surface area contributed by atoms with Crippen molar-refractivity contribution in [2.24, 2.45) is 0 Å². The molecule has 0 unspecified atom stereocenters. The Hall–Kier alpha value is -1.44. The fourth-order valence-electron chi connectivity index (χ4n) is 1.02. The molecule has 2 rings (SSSR count). The van der Waals surface area contributed by atoms with Crippen LogP contribution in [0.25, 0.3) is 0 Å². The smallest absolute Gasteiger partial charge is 0.274 e. The molecule has 2 aromatic rings. The Kier molecular flexibility index (Phi) is 2.95. The maximum atomic E-state index is 11.5. The lowest BCUT2D eigenvalue weighted by Crippen LogP contribution is -2.13. The van der Waals surface area contributed by atoms with Gasteiger partial charge in [-0.1, -0.05) is 0 Å². The summed E-state index contributed by atoms with van der Waals surface area (Å²) in [6.45, 7) is 0. The van der Waals surface area contributed by atoms with Crippen molar-refractivity contribution in [2.45, 2.75) is 0 Å². The third-order valence-electron chi connectivity index (χ3n) is 1.71. The normalized spacial score (nSPS) is 9.93. The van der Waals surface area contributed by atoms with Gasteiger partial charge in [0, 0.05) is 16.0 Å². The van der Waals surface area contributed by atoms with Gasteiger partial charge >= 0.3 is 0 Å². The molecular formula is C9H7IN4O. The van der Waals surface area contributed by atoms with E-state index in [9.17, 15) is 4.79 Å². The molecule has 0 atom stereocenters. The highest BCUT2D eigenvalue weighted by atomic mass is 127. The second-order valence-electron chi connectivity index (χ2n) is 2.79. The first-order chi connectivity index (χ1) is 7.25. The Labute approximate surface area is 99.4 Å². The number of rotatable bonds is 2. The van der Waals surface area contributed by atoms with Gasteiger partial charge in [0.05, 0.1) is 0 Å². The number of nitrogens with zero attached hydrogens (tertiary/aromatic N) is 2. The van der Waals surface area contributed by atoms with E-state index in [1.807, 2.05) is 6.07 Å². The van der Waals surface area contributed by atoms with Crippen molar-refractivity contribution in [2.75, 3.05) is 5.32 Å². The van der Waals surface area contributed by atoms with Gasteiger partial charge < -0.3 is 5.32 Å². The lowest BCUT2D eigenvalue weighted by Gasteiger charge is -2.01. The number of aromatic amines is 1. The van der Waals surface area contributed by atoms with E-state index in [0.29, 0.717) is 11.5 Å². The molecule has 0 bridgehead atoms. The largest absolute Gasteiger partial charge is 0.305 e. The number of pyridine rings is 1. The molecule has 15 heavy (non-hydrogen) atoms. The summed E-state index contributed by atoms with van der Waals surface area (Å²) in [6, 6.07) is 5.22. The minimum Gasteiger partial charge on any atom is -0.305 e. The number of nitrogens with one attached hydrogen (secondary N) is 2. The van der Waals surface area contributed by atoms with E-state index in [4.69, 9.17) is 0 Å². The summed E-state index contributed by atoms with van der Waals surface area (Å²) >= 11 is 2.15. The van der Waals surface area contributed by atoms with Gasteiger partial charge in [0.2, 0.25) is 0 Å². The van der Waals surface area contributed by atoms with Crippen molar-refractivity contribution in [1.29, 1.82) is 0 Å². The Morgan fingerprint density at radius 2 is 2.27 bits per heavy atom. The van der Waals surface area contributed by atoms with Gasteiger partial charge in [-0.2, -0.15) is 5.10 Å². The van der Waals surface area contributed by atoms with Crippen molar-refractivity contribution in [3.05, 3.63) is 39.9 Å². The van der Waals surface area contributed by atoms with Crippen LogP contribution in [0, 0.1) is 3.57 Å². The quantitative estimate of drug-likeness (QED) is 0.828. The molecule has 2 aromatic heterocycles. The van der Waals surface area contributed by atoms with E-state index in [1.54, 1.807) is 18.3 Å². The first-order valence-electron chi connectivity index (χ1n) is 4.18. The third kappa shape index (κ3) is 2.52. The van der Waals surface area contributed by atoms with Crippen molar-refractivity contribution >= 4 is 34.3 Å². The summed E-state index contributed by atoms with van der Waals surface area (Å²) in [5.74, 6) is 0.274. The van der Waals surface area contributed by atoms with E-state index in [0.717, 1.165) is 3.57 Å². The maximum Gasteiger partial charge on any atom is 0.274 e. The number of H-pyrrole nitrogens is 1. The average Bonchev–Trinajstić information content (AvgIpc) is 2.74. The summed E-state index contributed by atoms with van der Waals surface area (Å²) < 4.78 is 1.02. The topological polar surface area (TPSA) is 70.7 Å². The molecule has 0 saturated heterocycles. The van der Waals surface area contributed by atoms with E-state index < -0.39 is 0 Å². The van der Waals surface area contributed by atoms with E-state index in [1.165, 1.54) is 6.20 Å². The van der Waals surface area contributed by atoms with Gasteiger partial charge in [-0.25, -0.2) is 4.98 Å². The Balaban J connectivity index is 2.09. The van der Waals surface area contributed by atoms with Gasteiger partial charge in [0.1, 0.15) is 11.5 Å². The number of carbonyl (C=O) groups is 1. The second kappa shape index (κ2) is 4.39. The Morgan fingerprint density at radius 3 is 2.87 bits per heavy atom. The fraction of sp³-hybridized carbons (Fsp3) is 0. The van der Waals surface area contributed by atoms with Gasteiger partial charge in [-0.05, 0) is 40.8 Å². The number of hydrogen-bond acceptors (Lipinski definition) is 3. The zero-order valence-electron chi connectivity index (χ0n) is 7.57. The van der Waals surface area contributed by atoms with Crippen LogP contribution in [-0.4, -0.2) is 21.1 Å². The first-order valence-corrected chi connectivity index (χ1v) is 5.26. The molecule has 0 saturated carbocycles. The molecule has 0 spiro atoms. The Bertz CT molecular complexity index is 451. The minimum atomic E-state index is -0.249. The predicted octanol–water partition coefficient (Wildman–Crippen LogP) is 1.66. The monoisotopic (exact) mass is 314 g/mol. The molecular weight excluding hydrogens is 307 g/mol. The first kappa shape index (κ1) is 10.1. The number of hydrogen-bond donors (Lipinski definition) is 2. The maximum absolute atomic E-state index is 11.5. The molecule has 0 aliphatic heterocycles. The highest BCUT2D eigenvalue weighted by Gasteiger charge is 2.06. The highest BCUT2D eigenvalue weighted by Crippen LogP contribution is 2.07. The van der Waals surface area contributed by atoms with E-state index in [2.05, 4.69) is 43.1 Å². The molecule has 0 aliphatic carbocycles. The molecule has 0 aliphatic rings. The van der Waals surface area contributed by atoms with Crippen molar-refractivity contribution in [3.8, 4) is 0 Å². The van der Waals surface area contributed by atoms with E-state index >= 15 is 0 Å². The van der Waals surface area contributed by atoms with Crippen LogP contribution >= 0.6 is 22.6 Å². The number of aromatic nitrogens is 3. The predicted molar refractivity (Wildman–Crippen MR) is 63.5 cm³/mol. The van der Waals surface area contributed by atoms with Crippen LogP contribution in [0.3, 0.4) is 0 Å². The Morgan fingerprint density at radius 1 is 1.40 bits per heavy atom. The van der Waals surface area contributed by atoms with Crippen molar-refractivity contribution < 1.29 is 4.79 Å². The van der Waals surface area contributed by atoms with Gasteiger partial charge in [-0.15, -0.1) is 0 Å². The summed E-state index contributed by atoms with van der Waals surface area (Å²) in [5.41, 5.74) is 0.412. The van der Waals surface area contributed by atoms with Crippen molar-refractivity contribution in [1.82, 2.24) is 15.2 Å². The highest BCUT2D eigenvalue weighted by molar-refractivity contribution is 14.1. The molecule has 2 N–H and O–H groups in total. The SMILES string of the molecule is O=C(Nc1ccc(I)cn1)c1ccn[nH]1. The molecule has 6 heteroatoms. The van der Waals surface area contributed by atoms with Crippen LogP contribution in [0.5, 0.6) is 0 Å². The van der Waals surface area contributed by atoms with Crippen LogP contribution in [0.15, 0.2) is 30.6 Å². The van der Waals surface area contributed by atoms with Crippen LogP contribution in [0.2, 0.25) is 0 Å². The van der Waals surface area contributed by atoms with Crippen LogP contribution < -0.4 is 5.32 Å². The molecule has 0 fully saturated rings. The molecule has 0 radical (unpaired) electrons. The third-order valence-corrected chi connectivity index (χ3v) is 2.35. The van der Waals surface area contributed by atoms with Gasteiger partial charge in [-0.3, -0.25) is 9.89 Å². The zero-order chi connectivity index (χ0) is 10.7. The number of halogens is 1. The van der Waals surface area contributed by atoms with Gasteiger partial charge in [0.25, 0.3) is 5.91 Å². The number of amides is 1. The zero-order valence-corrected chi connectivity index (χ0v) is 9.72. The van der Waals surface area contributed by atoms with Gasteiger partial charge in [0.15, 0.2) is 0 Å². The molecule has 76 valence electrons. The summed E-state index contributed by atoms with van der Waals surface area (Å²) in [7, 11) is 0. The summed E-state index contributed by atoms with van der Waals surface area (Å²) in [4.78, 5) is 15.6. The van der Waals surface area contributed by atoms with Crippen LogP contribution in [0.1, 0.15) is 10.5 Å². The summed E-state index contributed by atoms with van der Waals surface area (Å²) in [5, 5.41) is 8.92. The lowest BCUT2D eigenvalue weighted by atomic mass is 10.4. The average molecular weight is 314 g/mol. The van der Waals surface area contributed by atoms with Crippen molar-refractivity contribution in [3.63, 3.8) is 0 Å². The fourth-order valence-corrected chi connectivity index (χ4v) is 1.33. The minimum absolute atomic E-state index is 0.249. The number of carbonyl (C=O) groups excluding carboxylic acids is 1. The second-order valence-corrected chi connectivity index (χ2v) is 4.03. The van der Waals surface area contributed by atoms with Crippen LogP contribution in [0.4, 0.5) is 5.82 Å². The summed E-state index contributed by atoms with van der Waals surface area (Å²) in [6.07, 6.45) is 3.21. The molecule has 5 nitrogen and oxygen atoms in total. The number of anilines is 1. The lowest BCUT2D eigenvalue weighted by molar-refractivity contribution is 0.102. The molecule has 0 aromatic carbocycles.